The Morgan fingerprint density at radius 3 is 2.63 bits per heavy atom. The zero-order valence-electron chi connectivity index (χ0n) is 17.4. The summed E-state index contributed by atoms with van der Waals surface area (Å²) in [6, 6.07) is 6.06. The van der Waals surface area contributed by atoms with Gasteiger partial charge in [-0.15, -0.1) is 11.3 Å². The highest BCUT2D eigenvalue weighted by molar-refractivity contribution is 7.19. The molecule has 0 bridgehead atoms. The number of alkyl carbamates (subject to hydrolysis) is 1. The van der Waals surface area contributed by atoms with Gasteiger partial charge in [-0.2, -0.15) is 0 Å². The Kier molecular flexibility index (Phi) is 7.16. The summed E-state index contributed by atoms with van der Waals surface area (Å²) in [6.45, 7) is 2.15. The monoisotopic (exact) mass is 448 g/mol. The molecule has 0 atom stereocenters. The van der Waals surface area contributed by atoms with Gasteiger partial charge in [-0.05, 0) is 63.6 Å². The van der Waals surface area contributed by atoms with E-state index in [1.54, 1.807) is 0 Å². The van der Waals surface area contributed by atoms with Crippen LogP contribution in [0.3, 0.4) is 0 Å². The van der Waals surface area contributed by atoms with E-state index >= 15 is 0 Å². The molecule has 0 radical (unpaired) electrons. The van der Waals surface area contributed by atoms with Gasteiger partial charge in [0.2, 0.25) is 0 Å². The van der Waals surface area contributed by atoms with Gasteiger partial charge in [0, 0.05) is 11.6 Å². The van der Waals surface area contributed by atoms with Gasteiger partial charge in [0.05, 0.1) is 26.7 Å². The standard InChI is InChI=1S/C23H29ClN2O3S/c1-15-20(29-18-9-3-2-4-10-18)12-11-19(25-15)22-16(13-21(24)30-22)14-28-23(27)26-17-7-5-6-8-17/h11-13,17-18H,2-10,14H2,1H3,(H,26,27). The number of carbonyl (C=O) groups is 1. The highest BCUT2D eigenvalue weighted by atomic mass is 35.5. The van der Waals surface area contributed by atoms with Crippen molar-refractivity contribution in [3.05, 3.63) is 33.8 Å². The minimum atomic E-state index is -0.365. The molecule has 7 heteroatoms. The van der Waals surface area contributed by atoms with Crippen molar-refractivity contribution in [1.82, 2.24) is 10.3 Å². The molecule has 162 valence electrons. The molecule has 5 nitrogen and oxygen atoms in total. The van der Waals surface area contributed by atoms with Gasteiger partial charge in [0.15, 0.2) is 0 Å². The molecular weight excluding hydrogens is 420 g/mol. The van der Waals surface area contributed by atoms with Crippen LogP contribution in [0.4, 0.5) is 4.79 Å². The number of nitrogens with one attached hydrogen (secondary N) is 1. The molecule has 0 unspecified atom stereocenters. The molecule has 2 heterocycles. The quantitative estimate of drug-likeness (QED) is 0.537. The van der Waals surface area contributed by atoms with Crippen molar-refractivity contribution in [2.24, 2.45) is 0 Å². The van der Waals surface area contributed by atoms with Crippen LogP contribution in [0.25, 0.3) is 10.6 Å². The van der Waals surface area contributed by atoms with E-state index in [1.807, 2.05) is 25.1 Å². The Hall–Kier alpha value is -1.79. The van der Waals surface area contributed by atoms with Gasteiger partial charge >= 0.3 is 6.09 Å². The summed E-state index contributed by atoms with van der Waals surface area (Å²) in [5, 5.41) is 2.95. The number of carbonyl (C=O) groups excluding carboxylic acids is 1. The van der Waals surface area contributed by atoms with Crippen molar-refractivity contribution in [3.8, 4) is 16.3 Å². The summed E-state index contributed by atoms with van der Waals surface area (Å²) >= 11 is 7.73. The molecule has 2 fully saturated rings. The minimum Gasteiger partial charge on any atom is -0.489 e. The Bertz CT molecular complexity index is 873. The maximum absolute atomic E-state index is 12.1. The van der Waals surface area contributed by atoms with Crippen molar-refractivity contribution in [2.75, 3.05) is 0 Å². The molecule has 1 N–H and O–H groups in total. The molecule has 2 saturated carbocycles. The molecule has 0 aromatic carbocycles. The normalized spacial score (nSPS) is 17.8. The number of aromatic nitrogens is 1. The summed E-state index contributed by atoms with van der Waals surface area (Å²) in [5.74, 6) is 0.849. The summed E-state index contributed by atoms with van der Waals surface area (Å²) in [6.07, 6.45) is 10.3. The average molecular weight is 449 g/mol. The number of hydrogen-bond donors (Lipinski definition) is 1. The van der Waals surface area contributed by atoms with Crippen molar-refractivity contribution in [2.45, 2.75) is 83.5 Å². The minimum absolute atomic E-state index is 0.179. The predicted molar refractivity (Wildman–Crippen MR) is 120 cm³/mol. The van der Waals surface area contributed by atoms with Crippen molar-refractivity contribution in [3.63, 3.8) is 0 Å². The van der Waals surface area contributed by atoms with E-state index in [4.69, 9.17) is 26.1 Å². The van der Waals surface area contributed by atoms with Crippen molar-refractivity contribution >= 4 is 29.0 Å². The highest BCUT2D eigenvalue weighted by Crippen LogP contribution is 2.36. The molecule has 4 rings (SSSR count). The zero-order valence-corrected chi connectivity index (χ0v) is 19.0. The zero-order chi connectivity index (χ0) is 20.9. The third-order valence-corrected chi connectivity index (χ3v) is 7.26. The average Bonchev–Trinajstić information content (AvgIpc) is 3.38. The lowest BCUT2D eigenvalue weighted by atomic mass is 9.98. The number of rotatable bonds is 6. The lowest BCUT2D eigenvalue weighted by Gasteiger charge is -2.23. The molecule has 2 aromatic heterocycles. The van der Waals surface area contributed by atoms with Gasteiger partial charge in [0.1, 0.15) is 12.4 Å². The van der Waals surface area contributed by atoms with E-state index in [0.717, 1.165) is 53.3 Å². The van der Waals surface area contributed by atoms with Gasteiger partial charge in [-0.3, -0.25) is 0 Å². The first-order chi connectivity index (χ1) is 14.6. The summed E-state index contributed by atoms with van der Waals surface area (Å²) in [5.41, 5.74) is 2.57. The summed E-state index contributed by atoms with van der Waals surface area (Å²) in [7, 11) is 0. The maximum atomic E-state index is 12.1. The molecule has 1 amide bonds. The number of ether oxygens (including phenoxy) is 2. The number of thiophene rings is 1. The van der Waals surface area contributed by atoms with Crippen LogP contribution in [-0.4, -0.2) is 23.2 Å². The van der Waals surface area contributed by atoms with Crippen LogP contribution in [0.1, 0.15) is 69.0 Å². The Balaban J connectivity index is 1.42. The Morgan fingerprint density at radius 1 is 1.17 bits per heavy atom. The highest BCUT2D eigenvalue weighted by Gasteiger charge is 2.20. The first kappa shape index (κ1) is 21.4. The summed E-state index contributed by atoms with van der Waals surface area (Å²) in [4.78, 5) is 17.8. The first-order valence-corrected chi connectivity index (χ1v) is 12.1. The molecule has 0 spiro atoms. The van der Waals surface area contributed by atoms with E-state index < -0.39 is 0 Å². The number of nitrogens with zero attached hydrogens (tertiary/aromatic N) is 1. The molecule has 30 heavy (non-hydrogen) atoms. The largest absolute Gasteiger partial charge is 0.489 e. The molecule has 2 aliphatic rings. The molecular formula is C23H29ClN2O3S. The lowest BCUT2D eigenvalue weighted by Crippen LogP contribution is -2.32. The van der Waals surface area contributed by atoms with E-state index in [9.17, 15) is 4.79 Å². The van der Waals surface area contributed by atoms with Gasteiger partial charge in [-0.1, -0.05) is 30.9 Å². The van der Waals surface area contributed by atoms with E-state index in [2.05, 4.69) is 5.32 Å². The predicted octanol–water partition coefficient (Wildman–Crippen LogP) is 6.65. The molecule has 2 aliphatic carbocycles. The van der Waals surface area contributed by atoms with Crippen molar-refractivity contribution < 1.29 is 14.3 Å². The van der Waals surface area contributed by atoms with Crippen LogP contribution >= 0.6 is 22.9 Å². The molecule has 0 aliphatic heterocycles. The third kappa shape index (κ3) is 5.46. The lowest BCUT2D eigenvalue weighted by molar-refractivity contribution is 0.136. The van der Waals surface area contributed by atoms with Gasteiger partial charge in [0.25, 0.3) is 0 Å². The Morgan fingerprint density at radius 2 is 1.90 bits per heavy atom. The fourth-order valence-electron chi connectivity index (χ4n) is 4.30. The number of aryl methyl sites for hydroxylation is 1. The second-order valence-corrected chi connectivity index (χ2v) is 9.95. The smallest absolute Gasteiger partial charge is 0.407 e. The second kappa shape index (κ2) is 10.0. The van der Waals surface area contributed by atoms with Crippen LogP contribution in [0.5, 0.6) is 5.75 Å². The fraction of sp³-hybridized carbons (Fsp3) is 0.565. The second-order valence-electron chi connectivity index (χ2n) is 8.26. The van der Waals surface area contributed by atoms with E-state index in [-0.39, 0.29) is 18.7 Å². The van der Waals surface area contributed by atoms with Gasteiger partial charge in [-0.25, -0.2) is 9.78 Å². The van der Waals surface area contributed by atoms with Crippen LogP contribution in [0.15, 0.2) is 18.2 Å². The van der Waals surface area contributed by atoms with Crippen LogP contribution in [-0.2, 0) is 11.3 Å². The number of hydrogen-bond acceptors (Lipinski definition) is 5. The van der Waals surface area contributed by atoms with Crippen LogP contribution in [0.2, 0.25) is 4.34 Å². The maximum Gasteiger partial charge on any atom is 0.407 e. The number of amides is 1. The summed E-state index contributed by atoms with van der Waals surface area (Å²) < 4.78 is 12.3. The van der Waals surface area contributed by atoms with Crippen LogP contribution < -0.4 is 10.1 Å². The SMILES string of the molecule is Cc1nc(-c2sc(Cl)cc2COC(=O)NC2CCCC2)ccc1OC1CCCCC1. The number of halogens is 1. The molecule has 0 saturated heterocycles. The first-order valence-electron chi connectivity index (χ1n) is 10.9. The fourth-order valence-corrected chi connectivity index (χ4v) is 5.53. The Labute approximate surface area is 187 Å². The van der Waals surface area contributed by atoms with Crippen LogP contribution in [0, 0.1) is 6.92 Å². The third-order valence-electron chi connectivity index (χ3n) is 5.93. The van der Waals surface area contributed by atoms with E-state index in [0.29, 0.717) is 10.4 Å². The van der Waals surface area contributed by atoms with E-state index in [1.165, 1.54) is 43.4 Å². The molecule has 2 aromatic rings. The van der Waals surface area contributed by atoms with Crippen molar-refractivity contribution in [1.29, 1.82) is 0 Å². The number of pyridine rings is 1. The van der Waals surface area contributed by atoms with Gasteiger partial charge < -0.3 is 14.8 Å². The topological polar surface area (TPSA) is 60.5 Å².